The molecule has 2 fully saturated rings. The van der Waals surface area contributed by atoms with Crippen molar-refractivity contribution in [1.82, 2.24) is 35.1 Å². The Morgan fingerprint density at radius 3 is 2.65 bits per heavy atom. The zero-order valence-electron chi connectivity index (χ0n) is 21.4. The molecule has 1 aromatic carbocycles. The third kappa shape index (κ3) is 4.82. The second kappa shape index (κ2) is 10.3. The number of methoxy groups -OCH3 is 1. The van der Waals surface area contributed by atoms with Crippen molar-refractivity contribution >= 4 is 28.6 Å². The van der Waals surface area contributed by atoms with E-state index in [1.54, 1.807) is 13.4 Å². The van der Waals surface area contributed by atoms with Crippen LogP contribution >= 0.6 is 0 Å². The van der Waals surface area contributed by atoms with Crippen LogP contribution in [0.3, 0.4) is 0 Å². The van der Waals surface area contributed by atoms with Crippen LogP contribution in [-0.4, -0.2) is 76.2 Å². The summed E-state index contributed by atoms with van der Waals surface area (Å²) in [6.45, 7) is 8.40. The summed E-state index contributed by atoms with van der Waals surface area (Å²) in [6, 6.07) is 10.6. The first-order chi connectivity index (χ1) is 18.2. The molecular weight excluding hydrogens is 466 g/mol. The van der Waals surface area contributed by atoms with Crippen LogP contribution in [0, 0.1) is 0 Å². The maximum Gasteiger partial charge on any atom is 0.206 e. The Labute approximate surface area is 216 Å². The van der Waals surface area contributed by atoms with Gasteiger partial charge in [0, 0.05) is 57.1 Å². The minimum Gasteiger partial charge on any atom is -0.491 e. The molecule has 0 saturated carbocycles. The van der Waals surface area contributed by atoms with E-state index in [0.717, 1.165) is 73.2 Å². The zero-order chi connectivity index (χ0) is 25.2. The summed E-state index contributed by atoms with van der Waals surface area (Å²) < 4.78 is 5.79. The van der Waals surface area contributed by atoms with Crippen LogP contribution in [0.25, 0.3) is 22.3 Å². The second-order valence-corrected chi connectivity index (χ2v) is 9.65. The number of nitrogens with zero attached hydrogens (tertiary/aromatic N) is 6. The number of H-pyrrole nitrogens is 1. The molecule has 0 bridgehead atoms. The maximum absolute atomic E-state index is 5.79. The number of pyridine rings is 1. The highest BCUT2D eigenvalue weighted by atomic mass is 16.5. The van der Waals surface area contributed by atoms with Crippen molar-refractivity contribution in [2.24, 2.45) is 0 Å². The summed E-state index contributed by atoms with van der Waals surface area (Å²) >= 11 is 0. The largest absolute Gasteiger partial charge is 0.491 e. The van der Waals surface area contributed by atoms with Crippen molar-refractivity contribution in [3.8, 4) is 17.0 Å². The summed E-state index contributed by atoms with van der Waals surface area (Å²) in [5.74, 6) is 2.99. The molecule has 1 unspecified atom stereocenters. The van der Waals surface area contributed by atoms with Crippen molar-refractivity contribution in [2.45, 2.75) is 25.8 Å². The average molecular weight is 500 g/mol. The van der Waals surface area contributed by atoms with Crippen LogP contribution in [0.4, 0.5) is 17.6 Å². The number of fused-ring (bicyclic) bond motifs is 1. The van der Waals surface area contributed by atoms with Crippen LogP contribution in [0.2, 0.25) is 0 Å². The van der Waals surface area contributed by atoms with Crippen LogP contribution in [0.5, 0.6) is 5.75 Å². The Morgan fingerprint density at radius 2 is 1.84 bits per heavy atom. The lowest BCUT2D eigenvalue weighted by Crippen LogP contribution is -2.44. The number of aromatic amines is 1. The molecule has 1 atom stereocenters. The van der Waals surface area contributed by atoms with Crippen LogP contribution in [-0.2, 0) is 0 Å². The first-order valence-corrected chi connectivity index (χ1v) is 13.0. The average Bonchev–Trinajstić information content (AvgIpc) is 3.62. The molecule has 5 heterocycles. The number of hydrogen-bond donors (Lipinski definition) is 3. The Morgan fingerprint density at radius 1 is 1.00 bits per heavy atom. The van der Waals surface area contributed by atoms with Gasteiger partial charge >= 0.3 is 0 Å². The molecule has 192 valence electrons. The first-order valence-electron chi connectivity index (χ1n) is 13.0. The fourth-order valence-electron chi connectivity index (χ4n) is 5.31. The van der Waals surface area contributed by atoms with Gasteiger partial charge in [0.05, 0.1) is 18.1 Å². The van der Waals surface area contributed by atoms with Gasteiger partial charge in [-0.15, -0.1) is 0 Å². The smallest absolute Gasteiger partial charge is 0.206 e. The number of ether oxygens (including phenoxy) is 1. The van der Waals surface area contributed by atoms with E-state index in [1.165, 1.54) is 18.4 Å². The Hall–Kier alpha value is -3.76. The number of imidazole rings is 1. The van der Waals surface area contributed by atoms with Crippen LogP contribution < -0.4 is 20.3 Å². The van der Waals surface area contributed by atoms with Crippen molar-refractivity contribution in [1.29, 1.82) is 0 Å². The van der Waals surface area contributed by atoms with Crippen molar-refractivity contribution in [3.63, 3.8) is 0 Å². The van der Waals surface area contributed by atoms with E-state index in [4.69, 9.17) is 9.72 Å². The van der Waals surface area contributed by atoms with Gasteiger partial charge < -0.3 is 25.3 Å². The number of anilines is 3. The molecule has 3 N–H and O–H groups in total. The summed E-state index contributed by atoms with van der Waals surface area (Å²) in [5, 5.41) is 6.77. The molecule has 2 saturated heterocycles. The summed E-state index contributed by atoms with van der Waals surface area (Å²) in [6.07, 6.45) is 5.82. The van der Waals surface area contributed by atoms with Gasteiger partial charge in [0.25, 0.3) is 0 Å². The maximum atomic E-state index is 5.79. The van der Waals surface area contributed by atoms with E-state index in [9.17, 15) is 0 Å². The van der Waals surface area contributed by atoms with E-state index < -0.39 is 0 Å². The van der Waals surface area contributed by atoms with Crippen LogP contribution in [0.15, 0.2) is 42.9 Å². The molecule has 0 aliphatic carbocycles. The molecule has 2 aliphatic rings. The van der Waals surface area contributed by atoms with Crippen molar-refractivity contribution in [3.05, 3.63) is 48.4 Å². The summed E-state index contributed by atoms with van der Waals surface area (Å²) in [5.41, 5.74) is 4.75. The van der Waals surface area contributed by atoms with Gasteiger partial charge in [-0.1, -0.05) is 6.07 Å². The van der Waals surface area contributed by atoms with Gasteiger partial charge in [0.1, 0.15) is 17.8 Å². The molecule has 10 nitrogen and oxygen atoms in total. The van der Waals surface area contributed by atoms with E-state index in [1.807, 2.05) is 18.3 Å². The summed E-state index contributed by atoms with van der Waals surface area (Å²) in [4.78, 5) is 26.5. The second-order valence-electron chi connectivity index (χ2n) is 9.65. The van der Waals surface area contributed by atoms with Gasteiger partial charge in [-0.2, -0.15) is 0 Å². The quantitative estimate of drug-likeness (QED) is 0.351. The van der Waals surface area contributed by atoms with Crippen molar-refractivity contribution < 1.29 is 4.74 Å². The number of hydrogen-bond acceptors (Lipinski definition) is 9. The van der Waals surface area contributed by atoms with Gasteiger partial charge in [0.2, 0.25) is 5.95 Å². The predicted octanol–water partition coefficient (Wildman–Crippen LogP) is 3.73. The Bertz CT molecular complexity index is 1380. The molecule has 3 aromatic heterocycles. The number of rotatable bonds is 7. The third-order valence-corrected chi connectivity index (χ3v) is 7.36. The van der Waals surface area contributed by atoms with E-state index >= 15 is 0 Å². The topological polar surface area (TPSA) is 107 Å². The van der Waals surface area contributed by atoms with Crippen LogP contribution in [0.1, 0.15) is 31.4 Å². The summed E-state index contributed by atoms with van der Waals surface area (Å²) in [7, 11) is 1.68. The molecule has 0 spiro atoms. The number of aromatic nitrogens is 5. The van der Waals surface area contributed by atoms with Gasteiger partial charge in [-0.05, 0) is 49.6 Å². The minimum atomic E-state index is 0.331. The fourth-order valence-corrected chi connectivity index (χ4v) is 5.31. The highest BCUT2D eigenvalue weighted by Gasteiger charge is 2.22. The molecule has 0 radical (unpaired) electrons. The lowest BCUT2D eigenvalue weighted by Gasteiger charge is -2.33. The highest BCUT2D eigenvalue weighted by Crippen LogP contribution is 2.37. The number of nitrogens with one attached hydrogen (secondary N) is 3. The lowest BCUT2D eigenvalue weighted by atomic mass is 10.1. The van der Waals surface area contributed by atoms with E-state index in [-0.39, 0.29) is 0 Å². The van der Waals surface area contributed by atoms with E-state index in [0.29, 0.717) is 17.7 Å². The molecular formula is C27H33N9O. The van der Waals surface area contributed by atoms with Crippen molar-refractivity contribution in [2.75, 3.05) is 56.6 Å². The predicted molar refractivity (Wildman–Crippen MR) is 145 cm³/mol. The standard InChI is InChI=1S/C27H33N9O/c1-18(35-13-9-28-10-14-35)19-7-8-29-23(16-19)34-27-32-21-6-5-20(15-22(21)33-27)24-25(37-2)26(31-17-30-24)36-11-3-4-12-36/h5-8,15-18,28H,3-4,9-14H2,1-2H3,(H2,29,32,33,34). The van der Waals surface area contributed by atoms with Gasteiger partial charge in [-0.3, -0.25) is 4.90 Å². The third-order valence-electron chi connectivity index (χ3n) is 7.36. The van der Waals surface area contributed by atoms with Gasteiger partial charge in [0.15, 0.2) is 11.6 Å². The first kappa shape index (κ1) is 23.6. The fraction of sp³-hybridized carbons (Fsp3) is 0.407. The molecule has 6 rings (SSSR count). The molecule has 0 amide bonds. The monoisotopic (exact) mass is 499 g/mol. The Balaban J connectivity index is 1.25. The minimum absolute atomic E-state index is 0.331. The molecule has 4 aromatic rings. The highest BCUT2D eigenvalue weighted by molar-refractivity contribution is 5.85. The molecule has 10 heteroatoms. The van der Waals surface area contributed by atoms with Gasteiger partial charge in [-0.25, -0.2) is 19.9 Å². The lowest BCUT2D eigenvalue weighted by molar-refractivity contribution is 0.185. The number of benzene rings is 1. The molecule has 2 aliphatic heterocycles. The SMILES string of the molecule is COc1c(-c2ccc3nc(Nc4cc(C(C)N5CCNCC5)ccn4)[nH]c3c2)ncnc1N1CCCC1. The Kier molecular flexibility index (Phi) is 6.58. The van der Waals surface area contributed by atoms with E-state index in [2.05, 4.69) is 65.5 Å². The molecule has 37 heavy (non-hydrogen) atoms. The number of piperazine rings is 1. The zero-order valence-corrected chi connectivity index (χ0v) is 21.4. The normalized spacial score (nSPS) is 17.3.